The first-order valence-corrected chi connectivity index (χ1v) is 7.18. The second-order valence-electron chi connectivity index (χ2n) is 3.15. The number of nitrogens with zero attached hydrogens (tertiary/aromatic N) is 2. The van der Waals surface area contributed by atoms with Crippen molar-refractivity contribution in [2.75, 3.05) is 18.3 Å². The van der Waals surface area contributed by atoms with Crippen molar-refractivity contribution in [1.29, 1.82) is 0 Å². The molecule has 0 aliphatic rings. The Hall–Kier alpha value is -0.460. The number of likely N-dealkylation sites (N-methyl/N-ethyl adjacent to an activating group) is 1. The average Bonchev–Trinajstić information content (AvgIpc) is 2.27. The average molecular weight is 293 g/mol. The van der Waals surface area contributed by atoms with Crippen molar-refractivity contribution >= 4 is 26.0 Å². The lowest BCUT2D eigenvalue weighted by molar-refractivity contribution is 0.477. The molecule has 1 aromatic rings. The molecule has 84 valence electrons. The van der Waals surface area contributed by atoms with Gasteiger partial charge in [-0.1, -0.05) is 15.9 Å². The van der Waals surface area contributed by atoms with Crippen LogP contribution in [0.15, 0.2) is 24.5 Å². The fourth-order valence-corrected chi connectivity index (χ4v) is 2.64. The topological polar surface area (TPSA) is 50.3 Å². The molecule has 0 fully saturated rings. The van der Waals surface area contributed by atoms with E-state index in [1.54, 1.807) is 19.4 Å². The molecular formula is C9H13BrN2O2S. The Labute approximate surface area is 98.5 Å². The molecule has 0 aromatic carbocycles. The Morgan fingerprint density at radius 1 is 1.40 bits per heavy atom. The molecule has 15 heavy (non-hydrogen) atoms. The van der Waals surface area contributed by atoms with Crippen molar-refractivity contribution < 1.29 is 8.42 Å². The quantitative estimate of drug-likeness (QED) is 0.767. The van der Waals surface area contributed by atoms with Gasteiger partial charge >= 0.3 is 0 Å². The molecule has 0 saturated heterocycles. The van der Waals surface area contributed by atoms with Gasteiger partial charge in [0.25, 0.3) is 0 Å². The number of sulfonamides is 1. The summed E-state index contributed by atoms with van der Waals surface area (Å²) in [6.07, 6.45) is 4.11. The summed E-state index contributed by atoms with van der Waals surface area (Å²) in [5.74, 6) is 0. The van der Waals surface area contributed by atoms with Crippen LogP contribution >= 0.6 is 15.9 Å². The summed E-state index contributed by atoms with van der Waals surface area (Å²) in [5.41, 5.74) is 1.08. The van der Waals surface area contributed by atoms with Gasteiger partial charge in [0.15, 0.2) is 0 Å². The van der Waals surface area contributed by atoms with Crippen molar-refractivity contribution in [3.63, 3.8) is 0 Å². The molecule has 0 atom stereocenters. The zero-order valence-electron chi connectivity index (χ0n) is 8.43. The van der Waals surface area contributed by atoms with Crippen molar-refractivity contribution in [1.82, 2.24) is 9.29 Å². The van der Waals surface area contributed by atoms with Gasteiger partial charge < -0.3 is 0 Å². The minimum absolute atomic E-state index is 0.0349. The molecule has 0 aliphatic heterocycles. The van der Waals surface area contributed by atoms with E-state index in [-0.39, 0.29) is 4.66 Å². The van der Waals surface area contributed by atoms with Crippen LogP contribution in [0.25, 0.3) is 0 Å². The van der Waals surface area contributed by atoms with Crippen molar-refractivity contribution in [3.05, 3.63) is 30.1 Å². The number of hydrogen-bond donors (Lipinski definition) is 0. The van der Waals surface area contributed by atoms with Crippen molar-refractivity contribution in [3.8, 4) is 0 Å². The highest BCUT2D eigenvalue weighted by Gasteiger charge is 2.14. The minimum atomic E-state index is -3.13. The van der Waals surface area contributed by atoms with Gasteiger partial charge in [0.1, 0.15) is 4.66 Å². The lowest BCUT2D eigenvalue weighted by Crippen LogP contribution is -2.29. The molecule has 0 amide bonds. The Balaban J connectivity index is 2.52. The fourth-order valence-electron chi connectivity index (χ4n) is 1.06. The number of alkyl halides is 1. The first-order valence-electron chi connectivity index (χ1n) is 4.45. The largest absolute Gasteiger partial charge is 0.265 e. The molecule has 0 saturated carbocycles. The zero-order chi connectivity index (χ0) is 11.3. The fraction of sp³-hybridized carbons (Fsp3) is 0.444. The monoisotopic (exact) mass is 292 g/mol. The van der Waals surface area contributed by atoms with Gasteiger partial charge in [-0.3, -0.25) is 4.98 Å². The second kappa shape index (κ2) is 5.58. The summed E-state index contributed by atoms with van der Waals surface area (Å²) in [5, 5.41) is 0. The molecule has 0 spiro atoms. The highest BCUT2D eigenvalue weighted by atomic mass is 79.9. The minimum Gasteiger partial charge on any atom is -0.265 e. The molecule has 0 radical (unpaired) electrons. The first-order chi connectivity index (χ1) is 7.06. The lowest BCUT2D eigenvalue weighted by Gasteiger charge is -2.14. The van der Waals surface area contributed by atoms with Gasteiger partial charge in [0.2, 0.25) is 10.0 Å². The van der Waals surface area contributed by atoms with Crippen LogP contribution in [0.1, 0.15) is 5.56 Å². The summed E-state index contributed by atoms with van der Waals surface area (Å²) in [7, 11) is -1.55. The second-order valence-corrected chi connectivity index (χ2v) is 6.53. The molecule has 0 unspecified atom stereocenters. The Bertz CT molecular complexity index is 394. The predicted molar refractivity (Wildman–Crippen MR) is 63.3 cm³/mol. The third-order valence-electron chi connectivity index (χ3n) is 2.08. The number of pyridine rings is 1. The molecule has 4 nitrogen and oxygen atoms in total. The normalized spacial score (nSPS) is 11.9. The highest BCUT2D eigenvalue weighted by molar-refractivity contribution is 9.10. The highest BCUT2D eigenvalue weighted by Crippen LogP contribution is 2.05. The number of hydrogen-bond acceptors (Lipinski definition) is 3. The molecule has 1 rings (SSSR count). The van der Waals surface area contributed by atoms with Crippen LogP contribution in [-0.4, -0.2) is 36.0 Å². The molecule has 1 heterocycles. The van der Waals surface area contributed by atoms with Gasteiger partial charge in [-0.25, -0.2) is 12.7 Å². The molecular weight excluding hydrogens is 280 g/mol. The summed E-state index contributed by atoms with van der Waals surface area (Å²) in [6.45, 7) is 0.484. The van der Waals surface area contributed by atoms with Crippen molar-refractivity contribution in [2.24, 2.45) is 0 Å². The molecule has 6 heteroatoms. The third kappa shape index (κ3) is 3.89. The summed E-state index contributed by atoms with van der Waals surface area (Å²) in [6, 6.07) is 3.77. The van der Waals surface area contributed by atoms with Crippen LogP contribution in [0.5, 0.6) is 0 Å². The van der Waals surface area contributed by atoms with Crippen LogP contribution in [-0.2, 0) is 16.4 Å². The van der Waals surface area contributed by atoms with Gasteiger partial charge in [-0.2, -0.15) is 0 Å². The smallest absolute Gasteiger partial charge is 0.223 e. The van der Waals surface area contributed by atoms with Crippen LogP contribution in [0, 0.1) is 0 Å². The van der Waals surface area contributed by atoms with Crippen LogP contribution in [0.4, 0.5) is 0 Å². The van der Waals surface area contributed by atoms with Gasteiger partial charge in [-0.05, 0) is 24.1 Å². The van der Waals surface area contributed by atoms with Gasteiger partial charge in [0.05, 0.1) is 0 Å². The predicted octanol–water partition coefficient (Wildman–Crippen LogP) is 1.24. The summed E-state index contributed by atoms with van der Waals surface area (Å²) < 4.78 is 24.1. The van der Waals surface area contributed by atoms with E-state index in [0.29, 0.717) is 13.0 Å². The van der Waals surface area contributed by atoms with Crippen molar-refractivity contribution in [2.45, 2.75) is 6.42 Å². The van der Waals surface area contributed by atoms with E-state index >= 15 is 0 Å². The molecule has 0 aliphatic carbocycles. The van der Waals surface area contributed by atoms with E-state index in [1.165, 1.54) is 4.31 Å². The standard InChI is InChI=1S/C9H13BrN2O2S/c1-12(15(13,14)8-10)7-4-9-2-5-11-6-3-9/h2-3,5-6H,4,7-8H2,1H3. The summed E-state index contributed by atoms with van der Waals surface area (Å²) >= 11 is 2.96. The Morgan fingerprint density at radius 2 is 2.00 bits per heavy atom. The Morgan fingerprint density at radius 3 is 2.53 bits per heavy atom. The third-order valence-corrected chi connectivity index (χ3v) is 5.22. The maximum atomic E-state index is 11.4. The van der Waals surface area contributed by atoms with E-state index in [4.69, 9.17) is 0 Å². The van der Waals surface area contributed by atoms with E-state index < -0.39 is 10.0 Å². The van der Waals surface area contributed by atoms with E-state index in [9.17, 15) is 8.42 Å². The number of halogens is 1. The number of rotatable bonds is 5. The van der Waals surface area contributed by atoms with Crippen LogP contribution < -0.4 is 0 Å². The van der Waals surface area contributed by atoms with Gasteiger partial charge in [-0.15, -0.1) is 0 Å². The van der Waals surface area contributed by atoms with Gasteiger partial charge in [0, 0.05) is 26.0 Å². The molecule has 1 aromatic heterocycles. The number of aromatic nitrogens is 1. The van der Waals surface area contributed by atoms with E-state index in [1.807, 2.05) is 12.1 Å². The lowest BCUT2D eigenvalue weighted by atomic mass is 10.2. The van der Waals surface area contributed by atoms with Crippen LogP contribution in [0.3, 0.4) is 0 Å². The summed E-state index contributed by atoms with van der Waals surface area (Å²) in [4.78, 5) is 3.90. The van der Waals surface area contributed by atoms with E-state index in [0.717, 1.165) is 5.56 Å². The SMILES string of the molecule is CN(CCc1ccncc1)S(=O)(=O)CBr. The molecule has 0 bridgehead atoms. The maximum Gasteiger partial charge on any atom is 0.223 e. The zero-order valence-corrected chi connectivity index (χ0v) is 10.8. The first kappa shape index (κ1) is 12.6. The maximum absolute atomic E-state index is 11.4. The Kier molecular flexibility index (Phi) is 4.69. The van der Waals surface area contributed by atoms with Crippen LogP contribution in [0.2, 0.25) is 0 Å². The van der Waals surface area contributed by atoms with E-state index in [2.05, 4.69) is 20.9 Å². The molecule has 0 N–H and O–H groups in total.